The van der Waals surface area contributed by atoms with Gasteiger partial charge in [0, 0.05) is 32.7 Å². The van der Waals surface area contributed by atoms with E-state index in [1.54, 1.807) is 11.8 Å². The summed E-state index contributed by atoms with van der Waals surface area (Å²) in [4.78, 5) is 25.8. The third kappa shape index (κ3) is 3.70. The summed E-state index contributed by atoms with van der Waals surface area (Å²) in [5.41, 5.74) is -0.751. The fourth-order valence-corrected chi connectivity index (χ4v) is 2.07. The number of hydrogen-bond acceptors (Lipinski definition) is 3. The lowest BCUT2D eigenvalue weighted by Crippen LogP contribution is -2.54. The molecule has 1 atom stereocenters. The van der Waals surface area contributed by atoms with Crippen molar-refractivity contribution in [3.05, 3.63) is 0 Å². The van der Waals surface area contributed by atoms with Gasteiger partial charge in [-0.05, 0) is 26.7 Å². The molecule has 1 unspecified atom stereocenters. The predicted octanol–water partition coefficient (Wildman–Crippen LogP) is 0.930. The van der Waals surface area contributed by atoms with Gasteiger partial charge in [0.2, 0.25) is 11.8 Å². The van der Waals surface area contributed by atoms with Crippen molar-refractivity contribution in [2.75, 3.05) is 26.3 Å². The van der Waals surface area contributed by atoms with Crippen molar-refractivity contribution in [1.29, 1.82) is 0 Å². The van der Waals surface area contributed by atoms with Gasteiger partial charge < -0.3 is 15.0 Å². The fraction of sp³-hybridized carbons (Fsp3) is 0.846. The first-order valence-electron chi connectivity index (χ1n) is 6.71. The Balaban J connectivity index is 2.61. The van der Waals surface area contributed by atoms with Crippen LogP contribution in [0, 0.1) is 0 Å². The van der Waals surface area contributed by atoms with Crippen molar-refractivity contribution in [2.45, 2.75) is 45.6 Å². The molecule has 0 aromatic carbocycles. The minimum absolute atomic E-state index is 0.0207. The first-order valence-corrected chi connectivity index (χ1v) is 6.71. The molecular weight excluding hydrogens is 232 g/mol. The van der Waals surface area contributed by atoms with Crippen LogP contribution in [-0.4, -0.2) is 48.6 Å². The van der Waals surface area contributed by atoms with Gasteiger partial charge in [-0.15, -0.1) is 0 Å². The molecule has 18 heavy (non-hydrogen) atoms. The molecule has 0 aromatic heterocycles. The van der Waals surface area contributed by atoms with E-state index < -0.39 is 5.54 Å². The molecule has 1 saturated heterocycles. The average Bonchev–Trinajstić information content (AvgIpc) is 2.46. The first-order chi connectivity index (χ1) is 8.53. The normalized spacial score (nSPS) is 24.9. The van der Waals surface area contributed by atoms with Crippen LogP contribution in [-0.2, 0) is 14.3 Å². The number of nitrogens with zero attached hydrogens (tertiary/aromatic N) is 1. The zero-order valence-corrected chi connectivity index (χ0v) is 11.6. The van der Waals surface area contributed by atoms with Crippen LogP contribution < -0.4 is 5.32 Å². The van der Waals surface area contributed by atoms with Crippen LogP contribution in [0.4, 0.5) is 0 Å². The molecule has 5 nitrogen and oxygen atoms in total. The highest BCUT2D eigenvalue weighted by molar-refractivity contribution is 5.93. The molecule has 1 aliphatic heterocycles. The third-order valence-electron chi connectivity index (χ3n) is 3.41. The maximum atomic E-state index is 12.4. The predicted molar refractivity (Wildman–Crippen MR) is 69.1 cm³/mol. The zero-order chi connectivity index (χ0) is 13.6. The lowest BCUT2D eigenvalue weighted by Gasteiger charge is -2.31. The van der Waals surface area contributed by atoms with Gasteiger partial charge in [0.05, 0.1) is 0 Å². The molecule has 104 valence electrons. The Labute approximate surface area is 109 Å². The highest BCUT2D eigenvalue weighted by Gasteiger charge is 2.38. The van der Waals surface area contributed by atoms with E-state index in [-0.39, 0.29) is 11.8 Å². The van der Waals surface area contributed by atoms with E-state index in [9.17, 15) is 9.59 Å². The number of amides is 2. The van der Waals surface area contributed by atoms with E-state index in [2.05, 4.69) is 5.32 Å². The molecule has 5 heteroatoms. The van der Waals surface area contributed by atoms with Gasteiger partial charge in [0.25, 0.3) is 0 Å². The molecule has 1 N–H and O–H groups in total. The van der Waals surface area contributed by atoms with Crippen LogP contribution in [0.5, 0.6) is 0 Å². The van der Waals surface area contributed by atoms with Gasteiger partial charge in [-0.2, -0.15) is 0 Å². The highest BCUT2D eigenvalue weighted by atomic mass is 16.5. The van der Waals surface area contributed by atoms with E-state index in [0.29, 0.717) is 39.1 Å². The minimum Gasteiger partial charge on any atom is -0.382 e. The SMILES string of the molecule is CCOCCCN1CCC(=O)NC(C)(CC)C1=O. The number of carbonyl (C=O) groups excluding carboxylic acids is 2. The molecule has 1 heterocycles. The molecule has 0 radical (unpaired) electrons. The lowest BCUT2D eigenvalue weighted by molar-refractivity contribution is -0.138. The Morgan fingerprint density at radius 2 is 2.11 bits per heavy atom. The topological polar surface area (TPSA) is 58.6 Å². The fourth-order valence-electron chi connectivity index (χ4n) is 2.07. The van der Waals surface area contributed by atoms with Crippen molar-refractivity contribution in [3.8, 4) is 0 Å². The van der Waals surface area contributed by atoms with Crippen molar-refractivity contribution in [3.63, 3.8) is 0 Å². The molecular formula is C13H24N2O3. The Hall–Kier alpha value is -1.10. The molecule has 1 rings (SSSR count). The summed E-state index contributed by atoms with van der Waals surface area (Å²) in [7, 11) is 0. The number of ether oxygens (including phenoxy) is 1. The average molecular weight is 256 g/mol. The zero-order valence-electron chi connectivity index (χ0n) is 11.6. The number of carbonyl (C=O) groups is 2. The van der Waals surface area contributed by atoms with Gasteiger partial charge in [-0.1, -0.05) is 6.92 Å². The van der Waals surface area contributed by atoms with Crippen molar-refractivity contribution in [2.24, 2.45) is 0 Å². The largest absolute Gasteiger partial charge is 0.382 e. The number of rotatable bonds is 6. The van der Waals surface area contributed by atoms with E-state index in [0.717, 1.165) is 6.42 Å². The molecule has 1 fully saturated rings. The van der Waals surface area contributed by atoms with Gasteiger partial charge in [0.15, 0.2) is 0 Å². The second-order valence-electron chi connectivity index (χ2n) is 4.83. The van der Waals surface area contributed by atoms with Crippen LogP contribution in [0.3, 0.4) is 0 Å². The molecule has 0 aromatic rings. The quantitative estimate of drug-likeness (QED) is 0.719. The lowest BCUT2D eigenvalue weighted by atomic mass is 9.97. The van der Waals surface area contributed by atoms with Gasteiger partial charge in [0.1, 0.15) is 5.54 Å². The summed E-state index contributed by atoms with van der Waals surface area (Å²) < 4.78 is 5.27. The van der Waals surface area contributed by atoms with Crippen molar-refractivity contribution < 1.29 is 14.3 Å². The molecule has 0 aliphatic carbocycles. The minimum atomic E-state index is -0.751. The molecule has 0 bridgehead atoms. The standard InChI is InChI=1S/C13H24N2O3/c1-4-13(3)12(17)15(8-6-10-18-5-2)9-7-11(16)14-13/h4-10H2,1-3H3,(H,14,16). The van der Waals surface area contributed by atoms with Crippen molar-refractivity contribution >= 4 is 11.8 Å². The first kappa shape index (κ1) is 15.0. The van der Waals surface area contributed by atoms with Crippen LogP contribution in [0.15, 0.2) is 0 Å². The van der Waals surface area contributed by atoms with Crippen LogP contribution in [0.1, 0.15) is 40.0 Å². The summed E-state index contributed by atoms with van der Waals surface area (Å²) in [6, 6.07) is 0. The van der Waals surface area contributed by atoms with E-state index in [1.807, 2.05) is 13.8 Å². The maximum absolute atomic E-state index is 12.4. The molecule has 2 amide bonds. The van der Waals surface area contributed by atoms with E-state index in [4.69, 9.17) is 4.74 Å². The summed E-state index contributed by atoms with van der Waals surface area (Å²) in [6.45, 7) is 8.19. The van der Waals surface area contributed by atoms with Gasteiger partial charge in [-0.25, -0.2) is 0 Å². The maximum Gasteiger partial charge on any atom is 0.248 e. The Morgan fingerprint density at radius 3 is 2.72 bits per heavy atom. The van der Waals surface area contributed by atoms with Crippen LogP contribution in [0.25, 0.3) is 0 Å². The molecule has 0 spiro atoms. The number of hydrogen-bond donors (Lipinski definition) is 1. The second kappa shape index (κ2) is 6.73. The third-order valence-corrected chi connectivity index (χ3v) is 3.41. The highest BCUT2D eigenvalue weighted by Crippen LogP contribution is 2.17. The monoisotopic (exact) mass is 256 g/mol. The van der Waals surface area contributed by atoms with Crippen LogP contribution in [0.2, 0.25) is 0 Å². The molecule has 1 aliphatic rings. The van der Waals surface area contributed by atoms with Gasteiger partial charge >= 0.3 is 0 Å². The summed E-state index contributed by atoms with van der Waals surface area (Å²) in [6.07, 6.45) is 1.81. The Bertz CT molecular complexity index is 307. The van der Waals surface area contributed by atoms with Crippen molar-refractivity contribution in [1.82, 2.24) is 10.2 Å². The summed E-state index contributed by atoms with van der Waals surface area (Å²) in [5.74, 6) is -0.0210. The molecule has 0 saturated carbocycles. The Morgan fingerprint density at radius 1 is 1.39 bits per heavy atom. The van der Waals surface area contributed by atoms with Gasteiger partial charge in [-0.3, -0.25) is 9.59 Å². The smallest absolute Gasteiger partial charge is 0.248 e. The van der Waals surface area contributed by atoms with Crippen LogP contribution >= 0.6 is 0 Å². The Kier molecular flexibility index (Phi) is 5.59. The summed E-state index contributed by atoms with van der Waals surface area (Å²) >= 11 is 0. The van der Waals surface area contributed by atoms with E-state index >= 15 is 0 Å². The second-order valence-corrected chi connectivity index (χ2v) is 4.83. The van der Waals surface area contributed by atoms with E-state index in [1.165, 1.54) is 0 Å². The summed E-state index contributed by atoms with van der Waals surface area (Å²) in [5, 5.41) is 2.82. The number of nitrogens with one attached hydrogen (secondary N) is 1.